The van der Waals surface area contributed by atoms with Gasteiger partial charge in [0.25, 0.3) is 0 Å². The van der Waals surface area contributed by atoms with Crippen LogP contribution in [0.2, 0.25) is 0 Å². The predicted molar refractivity (Wildman–Crippen MR) is 85.9 cm³/mol. The summed E-state index contributed by atoms with van der Waals surface area (Å²) in [6.07, 6.45) is 9.77. The van der Waals surface area contributed by atoms with Crippen LogP contribution in [0.5, 0.6) is 0 Å². The van der Waals surface area contributed by atoms with E-state index in [9.17, 15) is 0 Å². The molecule has 1 N–H and O–H groups in total. The highest BCUT2D eigenvalue weighted by atomic mass is 32.1. The van der Waals surface area contributed by atoms with Crippen LogP contribution in [0.3, 0.4) is 0 Å². The highest BCUT2D eigenvalue weighted by Gasteiger charge is 2.21. The number of nitrogens with one attached hydrogen (secondary N) is 1. The van der Waals surface area contributed by atoms with E-state index in [1.54, 1.807) is 0 Å². The molecule has 0 aliphatic heterocycles. The van der Waals surface area contributed by atoms with Crippen molar-refractivity contribution in [3.05, 3.63) is 21.9 Å². The molecule has 1 fully saturated rings. The molecule has 1 aromatic rings. The third-order valence-corrected chi connectivity index (χ3v) is 5.99. The summed E-state index contributed by atoms with van der Waals surface area (Å²) in [5.41, 5.74) is 0. The van der Waals surface area contributed by atoms with E-state index in [2.05, 4.69) is 38.2 Å². The fraction of sp³-hybridized carbons (Fsp3) is 0.765. The molecule has 0 radical (unpaired) electrons. The molecule has 1 aliphatic rings. The molecule has 2 atom stereocenters. The predicted octanol–water partition coefficient (Wildman–Crippen LogP) is 5.32. The van der Waals surface area contributed by atoms with Gasteiger partial charge in [-0.2, -0.15) is 0 Å². The van der Waals surface area contributed by atoms with Crippen LogP contribution in [0, 0.1) is 5.92 Å². The first-order chi connectivity index (χ1) is 9.20. The maximum atomic E-state index is 3.84. The fourth-order valence-electron chi connectivity index (χ4n) is 3.24. The molecule has 2 rings (SSSR count). The maximum Gasteiger partial charge on any atom is 0.0388 e. The van der Waals surface area contributed by atoms with Crippen molar-refractivity contribution in [1.29, 1.82) is 0 Å². The van der Waals surface area contributed by atoms with Crippen LogP contribution in [0.4, 0.5) is 0 Å². The van der Waals surface area contributed by atoms with Gasteiger partial charge >= 0.3 is 0 Å². The molecule has 1 aliphatic carbocycles. The standard InChI is InChI=1S/C17H29NS/c1-4-16-11-12-17(19-16)14(3)18-13(2)15-9-7-5-6-8-10-15/h11-15,18H,4-10H2,1-3H3/t13-,14?/m1/s1. The summed E-state index contributed by atoms with van der Waals surface area (Å²) >= 11 is 1.97. The summed E-state index contributed by atoms with van der Waals surface area (Å²) in [5, 5.41) is 3.84. The van der Waals surface area contributed by atoms with Crippen LogP contribution in [-0.4, -0.2) is 6.04 Å². The summed E-state index contributed by atoms with van der Waals surface area (Å²) in [6.45, 7) is 6.95. The largest absolute Gasteiger partial charge is 0.307 e. The average molecular weight is 279 g/mol. The highest BCUT2D eigenvalue weighted by molar-refractivity contribution is 7.12. The van der Waals surface area contributed by atoms with Gasteiger partial charge in [-0.15, -0.1) is 11.3 Å². The van der Waals surface area contributed by atoms with E-state index in [0.717, 1.165) is 12.3 Å². The van der Waals surface area contributed by atoms with Crippen molar-refractivity contribution in [2.75, 3.05) is 0 Å². The lowest BCUT2D eigenvalue weighted by Gasteiger charge is -2.26. The number of rotatable bonds is 5. The van der Waals surface area contributed by atoms with Gasteiger partial charge in [0.1, 0.15) is 0 Å². The third-order valence-electron chi connectivity index (χ3n) is 4.58. The minimum absolute atomic E-state index is 0.503. The van der Waals surface area contributed by atoms with Crippen molar-refractivity contribution in [3.8, 4) is 0 Å². The second kappa shape index (κ2) is 7.44. The Morgan fingerprint density at radius 3 is 2.42 bits per heavy atom. The normalized spacial score (nSPS) is 21.0. The van der Waals surface area contributed by atoms with Gasteiger partial charge < -0.3 is 5.32 Å². The van der Waals surface area contributed by atoms with E-state index in [0.29, 0.717) is 12.1 Å². The van der Waals surface area contributed by atoms with Gasteiger partial charge in [-0.1, -0.05) is 32.6 Å². The Bertz CT molecular complexity index is 363. The molecular weight excluding hydrogens is 250 g/mol. The Hall–Kier alpha value is -0.340. The van der Waals surface area contributed by atoms with Gasteiger partial charge in [0, 0.05) is 21.8 Å². The summed E-state index contributed by atoms with van der Waals surface area (Å²) in [6, 6.07) is 5.75. The minimum atomic E-state index is 0.503. The fourth-order valence-corrected chi connectivity index (χ4v) is 4.20. The van der Waals surface area contributed by atoms with Crippen molar-refractivity contribution in [2.45, 2.75) is 77.8 Å². The first-order valence-corrected chi connectivity index (χ1v) is 8.87. The molecule has 2 heteroatoms. The zero-order valence-electron chi connectivity index (χ0n) is 12.7. The molecule has 1 heterocycles. The van der Waals surface area contributed by atoms with Crippen LogP contribution in [0.15, 0.2) is 12.1 Å². The van der Waals surface area contributed by atoms with E-state index in [1.165, 1.54) is 48.3 Å². The number of hydrogen-bond acceptors (Lipinski definition) is 2. The first kappa shape index (κ1) is 15.1. The Morgan fingerprint density at radius 1 is 1.16 bits per heavy atom. The molecule has 1 unspecified atom stereocenters. The summed E-state index contributed by atoms with van der Waals surface area (Å²) in [7, 11) is 0. The van der Waals surface area contributed by atoms with E-state index >= 15 is 0 Å². The summed E-state index contributed by atoms with van der Waals surface area (Å²) in [4.78, 5) is 3.00. The van der Waals surface area contributed by atoms with Crippen molar-refractivity contribution < 1.29 is 0 Å². The van der Waals surface area contributed by atoms with Gasteiger partial charge in [-0.25, -0.2) is 0 Å². The monoisotopic (exact) mass is 279 g/mol. The van der Waals surface area contributed by atoms with Gasteiger partial charge in [0.15, 0.2) is 0 Å². The van der Waals surface area contributed by atoms with E-state index in [1.807, 2.05) is 11.3 Å². The lowest BCUT2D eigenvalue weighted by Crippen LogP contribution is -2.35. The molecule has 1 saturated carbocycles. The van der Waals surface area contributed by atoms with Gasteiger partial charge in [0.05, 0.1) is 0 Å². The quantitative estimate of drug-likeness (QED) is 0.719. The van der Waals surface area contributed by atoms with E-state index in [4.69, 9.17) is 0 Å². The van der Waals surface area contributed by atoms with Gasteiger partial charge in [-0.05, 0) is 51.2 Å². The first-order valence-electron chi connectivity index (χ1n) is 8.05. The molecule has 0 amide bonds. The number of hydrogen-bond donors (Lipinski definition) is 1. The zero-order chi connectivity index (χ0) is 13.7. The second-order valence-electron chi connectivity index (χ2n) is 6.09. The molecule has 1 aromatic heterocycles. The van der Waals surface area contributed by atoms with Crippen LogP contribution < -0.4 is 5.32 Å². The minimum Gasteiger partial charge on any atom is -0.307 e. The van der Waals surface area contributed by atoms with Crippen LogP contribution in [0.1, 0.15) is 75.1 Å². The second-order valence-corrected chi connectivity index (χ2v) is 7.29. The number of aryl methyl sites for hydroxylation is 1. The average Bonchev–Trinajstić information content (AvgIpc) is 2.73. The van der Waals surface area contributed by atoms with Crippen LogP contribution in [-0.2, 0) is 6.42 Å². The van der Waals surface area contributed by atoms with Crippen molar-refractivity contribution >= 4 is 11.3 Å². The smallest absolute Gasteiger partial charge is 0.0388 e. The van der Waals surface area contributed by atoms with Crippen molar-refractivity contribution in [3.63, 3.8) is 0 Å². The molecule has 0 spiro atoms. The Balaban J connectivity index is 1.88. The Morgan fingerprint density at radius 2 is 1.84 bits per heavy atom. The number of thiophene rings is 1. The van der Waals surface area contributed by atoms with Crippen molar-refractivity contribution in [1.82, 2.24) is 5.32 Å². The van der Waals surface area contributed by atoms with Crippen molar-refractivity contribution in [2.24, 2.45) is 5.92 Å². The highest BCUT2D eigenvalue weighted by Crippen LogP contribution is 2.28. The summed E-state index contributed by atoms with van der Waals surface area (Å²) in [5.74, 6) is 0.885. The molecule has 0 saturated heterocycles. The lowest BCUT2D eigenvalue weighted by molar-refractivity contribution is 0.318. The molecule has 0 aromatic carbocycles. The van der Waals surface area contributed by atoms with Crippen LogP contribution >= 0.6 is 11.3 Å². The molecule has 108 valence electrons. The summed E-state index contributed by atoms with van der Waals surface area (Å²) < 4.78 is 0. The zero-order valence-corrected chi connectivity index (χ0v) is 13.6. The third kappa shape index (κ3) is 4.32. The Labute approximate surface area is 122 Å². The van der Waals surface area contributed by atoms with Crippen LogP contribution in [0.25, 0.3) is 0 Å². The maximum absolute atomic E-state index is 3.84. The molecule has 19 heavy (non-hydrogen) atoms. The van der Waals surface area contributed by atoms with Gasteiger partial charge in [-0.3, -0.25) is 0 Å². The molecular formula is C17H29NS. The van der Waals surface area contributed by atoms with E-state index < -0.39 is 0 Å². The Kier molecular flexibility index (Phi) is 5.90. The van der Waals surface area contributed by atoms with E-state index in [-0.39, 0.29) is 0 Å². The molecule has 1 nitrogen and oxygen atoms in total. The topological polar surface area (TPSA) is 12.0 Å². The SMILES string of the molecule is CCc1ccc(C(C)N[C@H](C)C2CCCCCC2)s1. The molecule has 0 bridgehead atoms. The van der Waals surface area contributed by atoms with Gasteiger partial charge in [0.2, 0.25) is 0 Å². The lowest BCUT2D eigenvalue weighted by atomic mass is 9.92.